The summed E-state index contributed by atoms with van der Waals surface area (Å²) in [4.78, 5) is 7.26. The van der Waals surface area contributed by atoms with Crippen LogP contribution in [0.1, 0.15) is 32.3 Å². The van der Waals surface area contributed by atoms with Gasteiger partial charge in [0.2, 0.25) is 10.0 Å². The molecule has 142 valence electrons. The molecule has 0 unspecified atom stereocenters. The summed E-state index contributed by atoms with van der Waals surface area (Å²) >= 11 is 0. The molecule has 1 aromatic rings. The number of nitrogens with zero attached hydrogens (tertiary/aromatic N) is 2. The van der Waals surface area contributed by atoms with Gasteiger partial charge in [-0.3, -0.25) is 0 Å². The third-order valence-electron chi connectivity index (χ3n) is 4.31. The van der Waals surface area contributed by atoms with Gasteiger partial charge in [-0.15, -0.1) is 24.0 Å². The first-order valence-electron chi connectivity index (χ1n) is 8.52. The highest BCUT2D eigenvalue weighted by Crippen LogP contribution is 2.17. The molecule has 6 nitrogen and oxygen atoms in total. The fourth-order valence-electron chi connectivity index (χ4n) is 2.74. The van der Waals surface area contributed by atoms with Crippen LogP contribution in [0.4, 0.5) is 0 Å². The fraction of sp³-hybridized carbons (Fsp3) is 0.588. The molecule has 2 N–H and O–H groups in total. The van der Waals surface area contributed by atoms with Gasteiger partial charge in [0.15, 0.2) is 5.96 Å². The maximum absolute atomic E-state index is 11.9. The highest BCUT2D eigenvalue weighted by molar-refractivity contribution is 14.0. The van der Waals surface area contributed by atoms with Gasteiger partial charge in [0.25, 0.3) is 0 Å². The van der Waals surface area contributed by atoms with Crippen molar-refractivity contribution >= 4 is 40.0 Å². The van der Waals surface area contributed by atoms with E-state index < -0.39 is 10.0 Å². The lowest BCUT2D eigenvalue weighted by atomic mass is 10.00. The number of hydrogen-bond donors (Lipinski definition) is 2. The number of benzene rings is 1. The van der Waals surface area contributed by atoms with Gasteiger partial charge in [-0.05, 0) is 50.4 Å². The average Bonchev–Trinajstić information content (AvgIpc) is 2.59. The van der Waals surface area contributed by atoms with Crippen LogP contribution >= 0.6 is 24.0 Å². The maximum atomic E-state index is 11.9. The Kier molecular flexibility index (Phi) is 9.15. The summed E-state index contributed by atoms with van der Waals surface area (Å²) in [5.41, 5.74) is 0.882. The van der Waals surface area contributed by atoms with E-state index in [9.17, 15) is 8.42 Å². The Hall–Kier alpha value is -0.870. The van der Waals surface area contributed by atoms with Crippen molar-refractivity contribution in [2.45, 2.75) is 38.1 Å². The van der Waals surface area contributed by atoms with Gasteiger partial charge >= 0.3 is 0 Å². The molecule has 2 rings (SSSR count). The number of guanidine groups is 1. The largest absolute Gasteiger partial charge is 0.357 e. The lowest BCUT2D eigenvalue weighted by molar-refractivity contribution is 0.273. The lowest BCUT2D eigenvalue weighted by Crippen LogP contribution is -2.45. The van der Waals surface area contributed by atoms with Crippen LogP contribution in [-0.4, -0.2) is 46.0 Å². The van der Waals surface area contributed by atoms with Crippen molar-refractivity contribution in [2.75, 3.05) is 26.7 Å². The standard InChI is InChI=1S/C17H28N4O2S.HI/c1-4-19-17(21-10-8-14(2)9-11-21)20-13-15-6-5-7-16(12-15)24(22,23)18-3;/h5-7,12,14,18H,4,8-11,13H2,1-3H3,(H,19,20);1H. The van der Waals surface area contributed by atoms with Crippen molar-refractivity contribution < 1.29 is 8.42 Å². The molecule has 0 atom stereocenters. The van der Waals surface area contributed by atoms with Crippen molar-refractivity contribution in [2.24, 2.45) is 10.9 Å². The predicted molar refractivity (Wildman–Crippen MR) is 113 cm³/mol. The molecule has 0 aliphatic carbocycles. The summed E-state index contributed by atoms with van der Waals surface area (Å²) in [6, 6.07) is 6.93. The second-order valence-electron chi connectivity index (χ2n) is 6.19. The zero-order valence-electron chi connectivity index (χ0n) is 15.2. The molecule has 1 heterocycles. The molecule has 0 spiro atoms. The smallest absolute Gasteiger partial charge is 0.240 e. The first-order valence-corrected chi connectivity index (χ1v) is 10.0. The molecular weight excluding hydrogens is 451 g/mol. The maximum Gasteiger partial charge on any atom is 0.240 e. The van der Waals surface area contributed by atoms with Crippen LogP contribution in [0.25, 0.3) is 0 Å². The first kappa shape index (κ1) is 22.2. The quantitative estimate of drug-likeness (QED) is 0.386. The second kappa shape index (κ2) is 10.3. The summed E-state index contributed by atoms with van der Waals surface area (Å²) in [6.45, 7) is 7.65. The Labute approximate surface area is 168 Å². The van der Waals surface area contributed by atoms with Crippen LogP contribution in [0.3, 0.4) is 0 Å². The highest BCUT2D eigenvalue weighted by Gasteiger charge is 2.18. The molecule has 25 heavy (non-hydrogen) atoms. The number of hydrogen-bond acceptors (Lipinski definition) is 3. The number of halogens is 1. The molecule has 8 heteroatoms. The molecule has 0 saturated carbocycles. The average molecular weight is 480 g/mol. The van der Waals surface area contributed by atoms with E-state index in [1.165, 1.54) is 19.9 Å². The van der Waals surface area contributed by atoms with Gasteiger partial charge in [0, 0.05) is 19.6 Å². The van der Waals surface area contributed by atoms with Crippen LogP contribution in [0.15, 0.2) is 34.2 Å². The van der Waals surface area contributed by atoms with E-state index in [1.807, 2.05) is 6.07 Å². The Bertz CT molecular complexity index is 671. The van der Waals surface area contributed by atoms with E-state index >= 15 is 0 Å². The van der Waals surface area contributed by atoms with Crippen LogP contribution < -0.4 is 10.0 Å². The number of nitrogens with one attached hydrogen (secondary N) is 2. The minimum atomic E-state index is -3.42. The fourth-order valence-corrected chi connectivity index (χ4v) is 3.54. The van der Waals surface area contributed by atoms with E-state index in [0.29, 0.717) is 6.54 Å². The summed E-state index contributed by atoms with van der Waals surface area (Å²) in [6.07, 6.45) is 2.36. The molecule has 0 aromatic heterocycles. The van der Waals surface area contributed by atoms with E-state index in [2.05, 4.69) is 28.8 Å². The van der Waals surface area contributed by atoms with Crippen molar-refractivity contribution in [1.29, 1.82) is 0 Å². The van der Waals surface area contributed by atoms with Gasteiger partial charge in [-0.1, -0.05) is 19.1 Å². The summed E-state index contributed by atoms with van der Waals surface area (Å²) in [5, 5.41) is 3.34. The van der Waals surface area contributed by atoms with Gasteiger partial charge in [-0.25, -0.2) is 18.1 Å². The third-order valence-corrected chi connectivity index (χ3v) is 5.72. The third kappa shape index (κ3) is 6.41. The van der Waals surface area contributed by atoms with E-state index in [0.717, 1.165) is 37.1 Å². The number of likely N-dealkylation sites (tertiary alicyclic amines) is 1. The van der Waals surface area contributed by atoms with Gasteiger partial charge in [0.1, 0.15) is 0 Å². The summed E-state index contributed by atoms with van der Waals surface area (Å²) < 4.78 is 26.2. The topological polar surface area (TPSA) is 73.8 Å². The minimum Gasteiger partial charge on any atom is -0.357 e. The Morgan fingerprint density at radius 1 is 1.32 bits per heavy atom. The minimum absolute atomic E-state index is 0. The molecule has 1 aliphatic heterocycles. The van der Waals surface area contributed by atoms with E-state index in [-0.39, 0.29) is 28.9 Å². The Morgan fingerprint density at radius 2 is 2.00 bits per heavy atom. The molecular formula is C17H29IN4O2S. The van der Waals surface area contributed by atoms with Gasteiger partial charge in [0.05, 0.1) is 11.4 Å². The predicted octanol–water partition coefficient (Wildman–Crippen LogP) is 2.41. The molecule has 1 saturated heterocycles. The van der Waals surface area contributed by atoms with Crippen molar-refractivity contribution in [3.63, 3.8) is 0 Å². The first-order chi connectivity index (χ1) is 11.5. The van der Waals surface area contributed by atoms with Crippen LogP contribution in [-0.2, 0) is 16.6 Å². The van der Waals surface area contributed by atoms with E-state index in [1.54, 1.807) is 18.2 Å². The lowest BCUT2D eigenvalue weighted by Gasteiger charge is -2.33. The number of piperidine rings is 1. The highest BCUT2D eigenvalue weighted by atomic mass is 127. The number of sulfonamides is 1. The monoisotopic (exact) mass is 480 g/mol. The van der Waals surface area contributed by atoms with Crippen LogP contribution in [0.2, 0.25) is 0 Å². The van der Waals surface area contributed by atoms with Crippen LogP contribution in [0.5, 0.6) is 0 Å². The Morgan fingerprint density at radius 3 is 2.60 bits per heavy atom. The summed E-state index contributed by atoms with van der Waals surface area (Å²) in [5.74, 6) is 1.68. The summed E-state index contributed by atoms with van der Waals surface area (Å²) in [7, 11) is -2.00. The second-order valence-corrected chi connectivity index (χ2v) is 8.08. The molecule has 1 fully saturated rings. The molecule has 0 radical (unpaired) electrons. The zero-order valence-corrected chi connectivity index (χ0v) is 18.3. The zero-order chi connectivity index (χ0) is 17.6. The molecule has 0 amide bonds. The SMILES string of the molecule is CCNC(=NCc1cccc(S(=O)(=O)NC)c1)N1CCC(C)CC1.I. The normalized spacial score (nSPS) is 16.4. The molecule has 1 aliphatic rings. The number of rotatable bonds is 5. The van der Waals surface area contributed by atoms with Crippen molar-refractivity contribution in [1.82, 2.24) is 14.9 Å². The van der Waals surface area contributed by atoms with Crippen molar-refractivity contribution in [3.8, 4) is 0 Å². The van der Waals surface area contributed by atoms with Gasteiger partial charge < -0.3 is 10.2 Å². The Balaban J connectivity index is 0.00000312. The van der Waals surface area contributed by atoms with Gasteiger partial charge in [-0.2, -0.15) is 0 Å². The van der Waals surface area contributed by atoms with Crippen molar-refractivity contribution in [3.05, 3.63) is 29.8 Å². The van der Waals surface area contributed by atoms with E-state index in [4.69, 9.17) is 4.99 Å². The molecule has 1 aromatic carbocycles. The van der Waals surface area contributed by atoms with Crippen LogP contribution in [0, 0.1) is 5.92 Å². The molecule has 0 bridgehead atoms. The number of aliphatic imine (C=N–C) groups is 1.